The van der Waals surface area contributed by atoms with Crippen LogP contribution in [0.25, 0.3) is 0 Å². The van der Waals surface area contributed by atoms with Crippen LogP contribution in [0.3, 0.4) is 0 Å². The fraction of sp³-hybridized carbons (Fsp3) is 0.278. The lowest BCUT2D eigenvalue weighted by Crippen LogP contribution is -2.32. The molecule has 0 bridgehead atoms. The van der Waals surface area contributed by atoms with E-state index in [2.05, 4.69) is 53.5 Å². The molecule has 3 aliphatic heterocycles. The van der Waals surface area contributed by atoms with Gasteiger partial charge in [-0.25, -0.2) is 0 Å². The van der Waals surface area contributed by atoms with Gasteiger partial charge in [0.1, 0.15) is 13.2 Å². The quantitative estimate of drug-likeness (QED) is 0.748. The Labute approximate surface area is 129 Å². The average molecular weight is 292 g/mol. The highest BCUT2D eigenvalue weighted by atomic mass is 16.6. The molecule has 22 heavy (non-hydrogen) atoms. The third-order valence-corrected chi connectivity index (χ3v) is 4.85. The Bertz CT molecular complexity index is 815. The summed E-state index contributed by atoms with van der Waals surface area (Å²) < 4.78 is 11.5. The number of likely N-dealkylation sites (N-methyl/N-ethyl adjacent to an activating group) is 1. The van der Waals surface area contributed by atoms with E-state index in [1.807, 2.05) is 6.07 Å². The Morgan fingerprint density at radius 1 is 1.05 bits per heavy atom. The molecule has 0 N–H and O–H groups in total. The van der Waals surface area contributed by atoms with Gasteiger partial charge in [-0.2, -0.15) is 0 Å². The predicted octanol–water partition coefficient (Wildman–Crippen LogP) is 2.91. The van der Waals surface area contributed by atoms with Crippen LogP contribution in [0.2, 0.25) is 0 Å². The van der Waals surface area contributed by atoms with Crippen LogP contribution >= 0.6 is 0 Å². The van der Waals surface area contributed by atoms with Gasteiger partial charge >= 0.3 is 0 Å². The van der Waals surface area contributed by atoms with E-state index in [0.29, 0.717) is 13.2 Å². The third-order valence-electron chi connectivity index (χ3n) is 4.85. The molecule has 110 valence electrons. The van der Waals surface area contributed by atoms with Crippen molar-refractivity contribution in [3.05, 3.63) is 47.5 Å². The standard InChI is InChI=1S/C18H16N2O2/c1-20-11-18(10-19-14-5-3-2-4-12(14)18)13-8-16-17(9-15(13)20)22-7-6-21-16/h2-5,8-10H,6-7,11H2,1H3. The number of anilines is 1. The van der Waals surface area contributed by atoms with Gasteiger partial charge in [0, 0.05) is 31.6 Å². The number of ether oxygens (including phenoxy) is 2. The number of hydrogen-bond donors (Lipinski definition) is 0. The molecule has 3 heterocycles. The van der Waals surface area contributed by atoms with Crippen LogP contribution in [-0.2, 0) is 5.41 Å². The molecule has 0 saturated heterocycles. The van der Waals surface area contributed by atoms with Gasteiger partial charge in [0.2, 0.25) is 0 Å². The topological polar surface area (TPSA) is 34.1 Å². The molecule has 1 atom stereocenters. The van der Waals surface area contributed by atoms with E-state index in [0.717, 1.165) is 23.7 Å². The van der Waals surface area contributed by atoms with Gasteiger partial charge in [-0.15, -0.1) is 0 Å². The SMILES string of the molecule is CN1CC2(C=Nc3ccccc32)c2cc3c(cc21)OCCO3. The van der Waals surface area contributed by atoms with Crippen LogP contribution in [-0.4, -0.2) is 33.0 Å². The summed E-state index contributed by atoms with van der Waals surface area (Å²) in [6, 6.07) is 12.6. The lowest BCUT2D eigenvalue weighted by Gasteiger charge is -2.24. The van der Waals surface area contributed by atoms with Crippen LogP contribution < -0.4 is 14.4 Å². The Kier molecular flexibility index (Phi) is 2.22. The van der Waals surface area contributed by atoms with Crippen LogP contribution in [0, 0.1) is 0 Å². The summed E-state index contributed by atoms with van der Waals surface area (Å²) in [4.78, 5) is 6.94. The summed E-state index contributed by atoms with van der Waals surface area (Å²) in [6.45, 7) is 2.12. The van der Waals surface area contributed by atoms with Crippen molar-refractivity contribution < 1.29 is 9.47 Å². The number of aliphatic imine (C=N–C) groups is 1. The molecule has 4 heteroatoms. The van der Waals surface area contributed by atoms with Gasteiger partial charge in [0.05, 0.1) is 11.1 Å². The highest BCUT2D eigenvalue weighted by Gasteiger charge is 2.46. The summed E-state index contributed by atoms with van der Waals surface area (Å²) in [5.41, 5.74) is 4.63. The molecule has 0 fully saturated rings. The van der Waals surface area contributed by atoms with Gasteiger partial charge in [0.15, 0.2) is 11.5 Å². The number of benzene rings is 2. The fourth-order valence-electron chi connectivity index (χ4n) is 3.85. The number of rotatable bonds is 0. The van der Waals surface area contributed by atoms with E-state index < -0.39 is 0 Å². The molecule has 2 aromatic rings. The zero-order chi connectivity index (χ0) is 14.7. The Hall–Kier alpha value is -2.49. The molecule has 1 spiro atoms. The highest BCUT2D eigenvalue weighted by molar-refractivity contribution is 5.94. The van der Waals surface area contributed by atoms with Gasteiger partial charge < -0.3 is 14.4 Å². The largest absolute Gasteiger partial charge is 0.486 e. The van der Waals surface area contributed by atoms with E-state index in [4.69, 9.17) is 9.47 Å². The molecule has 2 aromatic carbocycles. The second-order valence-electron chi connectivity index (χ2n) is 6.12. The van der Waals surface area contributed by atoms with Crippen molar-refractivity contribution in [3.8, 4) is 11.5 Å². The Morgan fingerprint density at radius 2 is 1.82 bits per heavy atom. The van der Waals surface area contributed by atoms with Crippen molar-refractivity contribution >= 4 is 17.6 Å². The van der Waals surface area contributed by atoms with Crippen molar-refractivity contribution in [1.29, 1.82) is 0 Å². The van der Waals surface area contributed by atoms with Crippen LogP contribution in [0.5, 0.6) is 11.5 Å². The molecule has 0 aromatic heterocycles. The molecule has 3 aliphatic rings. The number of hydrogen-bond acceptors (Lipinski definition) is 4. The van der Waals surface area contributed by atoms with Crippen LogP contribution in [0.15, 0.2) is 41.4 Å². The second-order valence-corrected chi connectivity index (χ2v) is 6.12. The molecular weight excluding hydrogens is 276 g/mol. The van der Waals surface area contributed by atoms with Crippen molar-refractivity contribution in [2.75, 3.05) is 31.7 Å². The van der Waals surface area contributed by atoms with Gasteiger partial charge in [-0.05, 0) is 23.3 Å². The van der Waals surface area contributed by atoms with E-state index in [1.54, 1.807) is 0 Å². The van der Waals surface area contributed by atoms with Crippen LogP contribution in [0.4, 0.5) is 11.4 Å². The summed E-state index contributed by atoms with van der Waals surface area (Å²) in [6.07, 6.45) is 2.09. The maximum atomic E-state index is 5.79. The molecule has 0 saturated carbocycles. The molecule has 5 rings (SSSR count). The molecular formula is C18H16N2O2. The summed E-state index contributed by atoms with van der Waals surface area (Å²) in [5.74, 6) is 1.69. The van der Waals surface area contributed by atoms with Crippen molar-refractivity contribution in [2.45, 2.75) is 5.41 Å². The minimum absolute atomic E-state index is 0.170. The van der Waals surface area contributed by atoms with Gasteiger partial charge in [-0.3, -0.25) is 4.99 Å². The minimum Gasteiger partial charge on any atom is -0.486 e. The van der Waals surface area contributed by atoms with E-state index in [1.165, 1.54) is 16.8 Å². The normalized spacial score (nSPS) is 23.8. The maximum absolute atomic E-state index is 5.79. The molecule has 4 nitrogen and oxygen atoms in total. The zero-order valence-electron chi connectivity index (χ0n) is 12.4. The van der Waals surface area contributed by atoms with Crippen molar-refractivity contribution in [2.24, 2.45) is 4.99 Å². The first-order valence-corrected chi connectivity index (χ1v) is 7.58. The predicted molar refractivity (Wildman–Crippen MR) is 86.1 cm³/mol. The third kappa shape index (κ3) is 1.39. The number of fused-ring (bicyclic) bond motifs is 5. The first-order valence-electron chi connectivity index (χ1n) is 7.58. The first kappa shape index (κ1) is 12.1. The van der Waals surface area contributed by atoms with E-state index in [-0.39, 0.29) is 5.41 Å². The van der Waals surface area contributed by atoms with Gasteiger partial charge in [0.25, 0.3) is 0 Å². The monoisotopic (exact) mass is 292 g/mol. The number of para-hydroxylation sites is 1. The molecule has 0 radical (unpaired) electrons. The lowest BCUT2D eigenvalue weighted by atomic mass is 9.78. The van der Waals surface area contributed by atoms with Crippen molar-refractivity contribution in [3.63, 3.8) is 0 Å². The lowest BCUT2D eigenvalue weighted by molar-refractivity contribution is 0.171. The Morgan fingerprint density at radius 3 is 2.68 bits per heavy atom. The Balaban J connectivity index is 1.76. The summed E-state index contributed by atoms with van der Waals surface area (Å²) >= 11 is 0. The average Bonchev–Trinajstić information content (AvgIpc) is 3.06. The highest BCUT2D eigenvalue weighted by Crippen LogP contribution is 2.52. The molecule has 0 amide bonds. The molecule has 1 unspecified atom stereocenters. The van der Waals surface area contributed by atoms with E-state index >= 15 is 0 Å². The fourth-order valence-corrected chi connectivity index (χ4v) is 3.85. The van der Waals surface area contributed by atoms with Gasteiger partial charge in [-0.1, -0.05) is 18.2 Å². The summed E-state index contributed by atoms with van der Waals surface area (Å²) in [5, 5.41) is 0. The maximum Gasteiger partial charge on any atom is 0.163 e. The van der Waals surface area contributed by atoms with Crippen LogP contribution in [0.1, 0.15) is 11.1 Å². The molecule has 0 aliphatic carbocycles. The smallest absolute Gasteiger partial charge is 0.163 e. The first-order chi connectivity index (χ1) is 10.8. The minimum atomic E-state index is -0.170. The van der Waals surface area contributed by atoms with E-state index in [9.17, 15) is 0 Å². The summed E-state index contributed by atoms with van der Waals surface area (Å²) in [7, 11) is 2.12. The zero-order valence-corrected chi connectivity index (χ0v) is 12.4. The van der Waals surface area contributed by atoms with Crippen molar-refractivity contribution in [1.82, 2.24) is 0 Å². The second kappa shape index (κ2) is 4.03. The number of nitrogens with zero attached hydrogens (tertiary/aromatic N) is 2.